The molecule has 0 spiro atoms. The van der Waals surface area contributed by atoms with Crippen LogP contribution in [-0.2, 0) is 0 Å². The van der Waals surface area contributed by atoms with Crippen molar-refractivity contribution < 1.29 is 9.90 Å². The zero-order chi connectivity index (χ0) is 12.3. The van der Waals surface area contributed by atoms with Crippen LogP contribution in [0.5, 0.6) is 0 Å². The Morgan fingerprint density at radius 2 is 2.29 bits per heavy atom. The minimum absolute atomic E-state index is 0.0387. The van der Waals surface area contributed by atoms with Crippen LogP contribution in [-0.4, -0.2) is 28.6 Å². The third-order valence-electron chi connectivity index (χ3n) is 2.88. The molecule has 2 aromatic rings. The van der Waals surface area contributed by atoms with Crippen molar-refractivity contribution >= 4 is 16.8 Å². The number of H-pyrrole nitrogens is 1. The minimum atomic E-state index is -0.187. The van der Waals surface area contributed by atoms with Gasteiger partial charge in [-0.25, -0.2) is 0 Å². The molecule has 1 heterocycles. The van der Waals surface area contributed by atoms with E-state index in [0.29, 0.717) is 12.0 Å². The first-order chi connectivity index (χ1) is 8.26. The van der Waals surface area contributed by atoms with E-state index in [1.54, 1.807) is 6.07 Å². The van der Waals surface area contributed by atoms with E-state index < -0.39 is 0 Å². The molecule has 1 aromatic carbocycles. The van der Waals surface area contributed by atoms with Crippen LogP contribution < -0.4 is 5.32 Å². The maximum absolute atomic E-state index is 12.0. The molecule has 0 aliphatic heterocycles. The van der Waals surface area contributed by atoms with Gasteiger partial charge in [0.15, 0.2) is 0 Å². The lowest BCUT2D eigenvalue weighted by Crippen LogP contribution is -2.37. The maximum Gasteiger partial charge on any atom is 0.253 e. The second-order valence-corrected chi connectivity index (χ2v) is 4.01. The first-order valence-electron chi connectivity index (χ1n) is 5.74. The van der Waals surface area contributed by atoms with E-state index in [1.807, 2.05) is 31.3 Å². The van der Waals surface area contributed by atoms with Crippen molar-refractivity contribution in [2.75, 3.05) is 6.61 Å². The summed E-state index contributed by atoms with van der Waals surface area (Å²) < 4.78 is 0. The lowest BCUT2D eigenvalue weighted by atomic mass is 10.1. The lowest BCUT2D eigenvalue weighted by molar-refractivity contribution is 0.0916. The Balaban J connectivity index is 2.27. The molecule has 0 saturated heterocycles. The summed E-state index contributed by atoms with van der Waals surface area (Å²) in [6.45, 7) is 1.89. The molecule has 4 nitrogen and oxygen atoms in total. The predicted octanol–water partition coefficient (Wildman–Crippen LogP) is 1.67. The van der Waals surface area contributed by atoms with Crippen molar-refractivity contribution in [1.82, 2.24) is 10.3 Å². The molecular formula is C13H16N2O2. The van der Waals surface area contributed by atoms with Crippen molar-refractivity contribution in [2.24, 2.45) is 0 Å². The third-order valence-corrected chi connectivity index (χ3v) is 2.88. The molecule has 3 N–H and O–H groups in total. The summed E-state index contributed by atoms with van der Waals surface area (Å²) in [6, 6.07) is 7.32. The molecule has 2 rings (SSSR count). The normalized spacial score (nSPS) is 12.6. The number of para-hydroxylation sites is 1. The largest absolute Gasteiger partial charge is 0.394 e. The molecule has 90 valence electrons. The Morgan fingerprint density at radius 3 is 3.00 bits per heavy atom. The molecule has 1 aromatic heterocycles. The van der Waals surface area contributed by atoms with E-state index in [-0.39, 0.29) is 18.6 Å². The third kappa shape index (κ3) is 2.31. The molecule has 0 unspecified atom stereocenters. The van der Waals surface area contributed by atoms with Crippen molar-refractivity contribution in [3.63, 3.8) is 0 Å². The van der Waals surface area contributed by atoms with Gasteiger partial charge in [0.2, 0.25) is 0 Å². The van der Waals surface area contributed by atoms with Gasteiger partial charge in [-0.2, -0.15) is 0 Å². The highest BCUT2D eigenvalue weighted by Crippen LogP contribution is 2.16. The van der Waals surface area contributed by atoms with Gasteiger partial charge in [-0.15, -0.1) is 0 Å². The smallest absolute Gasteiger partial charge is 0.253 e. The first kappa shape index (κ1) is 11.7. The number of amides is 1. The molecule has 1 amide bonds. The SMILES string of the molecule is CC[C@H](CO)NC(=O)c1cccc2cc[nH]c12. The number of aliphatic hydroxyl groups is 1. The first-order valence-corrected chi connectivity index (χ1v) is 5.74. The zero-order valence-corrected chi connectivity index (χ0v) is 9.73. The van der Waals surface area contributed by atoms with Gasteiger partial charge in [-0.1, -0.05) is 19.1 Å². The Morgan fingerprint density at radius 1 is 1.47 bits per heavy atom. The molecule has 0 aliphatic rings. The summed E-state index contributed by atoms with van der Waals surface area (Å²) in [5.41, 5.74) is 1.44. The zero-order valence-electron chi connectivity index (χ0n) is 9.73. The topological polar surface area (TPSA) is 65.1 Å². The van der Waals surface area contributed by atoms with Gasteiger partial charge in [-0.3, -0.25) is 4.79 Å². The lowest BCUT2D eigenvalue weighted by Gasteiger charge is -2.14. The van der Waals surface area contributed by atoms with Crippen LogP contribution in [0.4, 0.5) is 0 Å². The fourth-order valence-corrected chi connectivity index (χ4v) is 1.81. The van der Waals surface area contributed by atoms with Gasteiger partial charge >= 0.3 is 0 Å². The second-order valence-electron chi connectivity index (χ2n) is 4.01. The Hall–Kier alpha value is -1.81. The van der Waals surface area contributed by atoms with Crippen molar-refractivity contribution in [2.45, 2.75) is 19.4 Å². The van der Waals surface area contributed by atoms with E-state index in [0.717, 1.165) is 10.9 Å². The van der Waals surface area contributed by atoms with Gasteiger partial charge in [0.25, 0.3) is 5.91 Å². The van der Waals surface area contributed by atoms with E-state index in [2.05, 4.69) is 10.3 Å². The van der Waals surface area contributed by atoms with Crippen LogP contribution in [0.1, 0.15) is 23.7 Å². The van der Waals surface area contributed by atoms with Crippen molar-refractivity contribution in [3.05, 3.63) is 36.0 Å². The van der Waals surface area contributed by atoms with Crippen LogP contribution in [0.3, 0.4) is 0 Å². The number of hydrogen-bond donors (Lipinski definition) is 3. The highest BCUT2D eigenvalue weighted by molar-refractivity contribution is 6.05. The fraction of sp³-hybridized carbons (Fsp3) is 0.308. The number of aromatic nitrogens is 1. The molecule has 1 atom stereocenters. The Kier molecular flexibility index (Phi) is 3.44. The molecule has 17 heavy (non-hydrogen) atoms. The average molecular weight is 232 g/mol. The molecule has 0 aliphatic carbocycles. The van der Waals surface area contributed by atoms with Crippen LogP contribution >= 0.6 is 0 Å². The Labute approximate surface area is 99.7 Å². The summed E-state index contributed by atoms with van der Waals surface area (Å²) >= 11 is 0. The Bertz CT molecular complexity index is 515. The van der Waals surface area contributed by atoms with Gasteiger partial charge in [0.05, 0.1) is 23.7 Å². The summed E-state index contributed by atoms with van der Waals surface area (Å²) in [6.07, 6.45) is 2.52. The number of fused-ring (bicyclic) bond motifs is 1. The van der Waals surface area contributed by atoms with E-state index in [9.17, 15) is 4.79 Å². The number of carbonyl (C=O) groups excluding carboxylic acids is 1. The van der Waals surface area contributed by atoms with E-state index in [4.69, 9.17) is 5.11 Å². The summed E-state index contributed by atoms with van der Waals surface area (Å²) in [7, 11) is 0. The van der Waals surface area contributed by atoms with Crippen LogP contribution in [0, 0.1) is 0 Å². The summed E-state index contributed by atoms with van der Waals surface area (Å²) in [4.78, 5) is 15.1. The van der Waals surface area contributed by atoms with Gasteiger partial charge < -0.3 is 15.4 Å². The summed E-state index contributed by atoms with van der Waals surface area (Å²) in [5, 5.41) is 12.9. The number of benzene rings is 1. The number of aromatic amines is 1. The fourth-order valence-electron chi connectivity index (χ4n) is 1.81. The maximum atomic E-state index is 12.0. The standard InChI is InChI=1S/C13H16N2O2/c1-2-10(8-16)15-13(17)11-5-3-4-9-6-7-14-12(9)11/h3-7,10,14,16H,2,8H2,1H3,(H,15,17)/t10-/m1/s1. The average Bonchev–Trinajstić information content (AvgIpc) is 2.83. The van der Waals surface area contributed by atoms with Crippen LogP contribution in [0.2, 0.25) is 0 Å². The van der Waals surface area contributed by atoms with E-state index in [1.165, 1.54) is 0 Å². The van der Waals surface area contributed by atoms with Gasteiger partial charge in [-0.05, 0) is 18.6 Å². The van der Waals surface area contributed by atoms with Crippen LogP contribution in [0.15, 0.2) is 30.5 Å². The predicted molar refractivity (Wildman–Crippen MR) is 66.9 cm³/mol. The summed E-state index contributed by atoms with van der Waals surface area (Å²) in [5.74, 6) is -0.154. The van der Waals surface area contributed by atoms with Gasteiger partial charge in [0.1, 0.15) is 0 Å². The molecule has 0 bridgehead atoms. The number of rotatable bonds is 4. The number of hydrogen-bond acceptors (Lipinski definition) is 2. The van der Waals surface area contributed by atoms with Crippen molar-refractivity contribution in [3.8, 4) is 0 Å². The highest BCUT2D eigenvalue weighted by Gasteiger charge is 2.14. The van der Waals surface area contributed by atoms with Crippen LogP contribution in [0.25, 0.3) is 10.9 Å². The quantitative estimate of drug-likeness (QED) is 0.750. The second kappa shape index (κ2) is 5.01. The van der Waals surface area contributed by atoms with Gasteiger partial charge in [0, 0.05) is 11.6 Å². The highest BCUT2D eigenvalue weighted by atomic mass is 16.3. The molecule has 4 heteroatoms. The molecule has 0 radical (unpaired) electrons. The monoisotopic (exact) mass is 232 g/mol. The molecule has 0 saturated carbocycles. The number of carbonyl (C=O) groups is 1. The minimum Gasteiger partial charge on any atom is -0.394 e. The number of aliphatic hydroxyl groups excluding tert-OH is 1. The van der Waals surface area contributed by atoms with Crippen molar-refractivity contribution in [1.29, 1.82) is 0 Å². The van der Waals surface area contributed by atoms with E-state index >= 15 is 0 Å². The molecule has 0 fully saturated rings. The number of nitrogens with one attached hydrogen (secondary N) is 2. The molecular weight excluding hydrogens is 216 g/mol.